The van der Waals surface area contributed by atoms with Crippen LogP contribution >= 0.6 is 0 Å². The smallest absolute Gasteiger partial charge is 0.215 e. The first-order valence-electron chi connectivity index (χ1n) is 8.43. The van der Waals surface area contributed by atoms with Gasteiger partial charge in [0.05, 0.1) is 18.1 Å². The van der Waals surface area contributed by atoms with Gasteiger partial charge in [-0.05, 0) is 43.6 Å². The van der Waals surface area contributed by atoms with Crippen LogP contribution in [0.2, 0.25) is 0 Å². The standard InChI is InChI=1S/C18H24N2O3S/c21-24(22,15-16-8-3-1-4-9-16)19-14-17(18-10-7-13-23-18)20-11-5-2-6-12-20/h1,3-4,7-10,13,17,19H,2,5-6,11-12,14-15H2. The molecule has 0 amide bonds. The van der Waals surface area contributed by atoms with Gasteiger partial charge in [-0.25, -0.2) is 13.1 Å². The van der Waals surface area contributed by atoms with Crippen LogP contribution in [-0.2, 0) is 15.8 Å². The van der Waals surface area contributed by atoms with Gasteiger partial charge in [0.25, 0.3) is 0 Å². The van der Waals surface area contributed by atoms with Gasteiger partial charge in [-0.3, -0.25) is 4.90 Å². The van der Waals surface area contributed by atoms with Gasteiger partial charge in [-0.2, -0.15) is 0 Å². The summed E-state index contributed by atoms with van der Waals surface area (Å²) in [6.07, 6.45) is 5.17. The summed E-state index contributed by atoms with van der Waals surface area (Å²) in [5.74, 6) is 0.818. The van der Waals surface area contributed by atoms with Gasteiger partial charge in [-0.15, -0.1) is 0 Å². The summed E-state index contributed by atoms with van der Waals surface area (Å²) in [5, 5.41) is 0. The van der Waals surface area contributed by atoms with E-state index in [1.165, 1.54) is 6.42 Å². The molecule has 1 N–H and O–H groups in total. The quantitative estimate of drug-likeness (QED) is 0.836. The molecule has 1 aromatic carbocycles. The fourth-order valence-electron chi connectivity index (χ4n) is 3.17. The second kappa shape index (κ2) is 7.96. The van der Waals surface area contributed by atoms with E-state index in [9.17, 15) is 8.42 Å². The second-order valence-electron chi connectivity index (χ2n) is 6.22. The van der Waals surface area contributed by atoms with Crippen LogP contribution < -0.4 is 4.72 Å². The van der Waals surface area contributed by atoms with Crippen LogP contribution in [0.5, 0.6) is 0 Å². The number of nitrogens with zero attached hydrogens (tertiary/aromatic N) is 1. The minimum absolute atomic E-state index is 0.00128. The summed E-state index contributed by atoms with van der Waals surface area (Å²) < 4.78 is 33.1. The lowest BCUT2D eigenvalue weighted by Crippen LogP contribution is -2.40. The lowest BCUT2D eigenvalue weighted by atomic mass is 10.1. The molecule has 5 nitrogen and oxygen atoms in total. The Bertz CT molecular complexity index is 708. The van der Waals surface area contributed by atoms with Crippen LogP contribution in [-0.4, -0.2) is 33.0 Å². The number of furan rings is 1. The average molecular weight is 348 g/mol. The third-order valence-corrected chi connectivity index (χ3v) is 5.72. The van der Waals surface area contributed by atoms with E-state index in [1.54, 1.807) is 6.26 Å². The highest BCUT2D eigenvalue weighted by Gasteiger charge is 2.26. The summed E-state index contributed by atoms with van der Waals surface area (Å²) in [6.45, 7) is 2.29. The topological polar surface area (TPSA) is 62.6 Å². The number of hydrogen-bond donors (Lipinski definition) is 1. The van der Waals surface area contributed by atoms with E-state index in [0.29, 0.717) is 6.54 Å². The van der Waals surface area contributed by atoms with Crippen molar-refractivity contribution in [3.63, 3.8) is 0 Å². The van der Waals surface area contributed by atoms with E-state index in [0.717, 1.165) is 37.3 Å². The minimum Gasteiger partial charge on any atom is -0.468 e. The molecule has 3 rings (SSSR count). The lowest BCUT2D eigenvalue weighted by Gasteiger charge is -2.33. The van der Waals surface area contributed by atoms with Crippen LogP contribution in [0.4, 0.5) is 0 Å². The van der Waals surface area contributed by atoms with Crippen LogP contribution in [0.15, 0.2) is 53.1 Å². The van der Waals surface area contributed by atoms with Crippen LogP contribution in [0.25, 0.3) is 0 Å². The summed E-state index contributed by atoms with van der Waals surface area (Å²) in [4.78, 5) is 2.31. The Kier molecular flexibility index (Phi) is 5.71. The van der Waals surface area contributed by atoms with Gasteiger partial charge in [0.1, 0.15) is 5.76 Å². The number of piperidine rings is 1. The van der Waals surface area contributed by atoms with E-state index >= 15 is 0 Å². The number of rotatable bonds is 7. The van der Waals surface area contributed by atoms with Crippen molar-refractivity contribution in [3.8, 4) is 0 Å². The molecule has 1 aliphatic rings. The summed E-state index contributed by atoms with van der Waals surface area (Å²) in [5.41, 5.74) is 0.789. The molecule has 0 bridgehead atoms. The maximum Gasteiger partial charge on any atom is 0.215 e. The SMILES string of the molecule is O=S(=O)(Cc1ccccc1)NCC(c1ccco1)N1CCCCC1. The van der Waals surface area contributed by atoms with E-state index in [-0.39, 0.29) is 11.8 Å². The largest absolute Gasteiger partial charge is 0.468 e. The molecule has 1 unspecified atom stereocenters. The molecule has 2 aromatic rings. The van der Waals surface area contributed by atoms with Crippen molar-refractivity contribution < 1.29 is 12.8 Å². The fourth-order valence-corrected chi connectivity index (χ4v) is 4.32. The highest BCUT2D eigenvalue weighted by Crippen LogP contribution is 2.24. The molecule has 0 radical (unpaired) electrons. The molecule has 130 valence electrons. The zero-order valence-corrected chi connectivity index (χ0v) is 14.5. The Morgan fingerprint density at radius 3 is 2.46 bits per heavy atom. The average Bonchev–Trinajstić information content (AvgIpc) is 3.11. The van der Waals surface area contributed by atoms with Gasteiger partial charge < -0.3 is 4.42 Å². The van der Waals surface area contributed by atoms with E-state index < -0.39 is 10.0 Å². The monoisotopic (exact) mass is 348 g/mol. The summed E-state index contributed by atoms with van der Waals surface area (Å²) in [6, 6.07) is 13.0. The molecule has 1 saturated heterocycles. The van der Waals surface area contributed by atoms with Gasteiger partial charge in [0.15, 0.2) is 0 Å². The summed E-state index contributed by atoms with van der Waals surface area (Å²) >= 11 is 0. The van der Waals surface area contributed by atoms with Crippen molar-refractivity contribution in [3.05, 3.63) is 60.1 Å². The van der Waals surface area contributed by atoms with E-state index in [1.807, 2.05) is 42.5 Å². The number of sulfonamides is 1. The molecule has 1 aromatic heterocycles. The van der Waals surface area contributed by atoms with E-state index in [2.05, 4.69) is 9.62 Å². The minimum atomic E-state index is -3.38. The number of benzene rings is 1. The predicted octanol–water partition coefficient (Wildman–Crippen LogP) is 2.93. The van der Waals surface area contributed by atoms with Crippen molar-refractivity contribution in [2.45, 2.75) is 31.1 Å². The maximum atomic E-state index is 12.4. The molecule has 1 atom stereocenters. The molecule has 6 heteroatoms. The molecule has 0 aliphatic carbocycles. The highest BCUT2D eigenvalue weighted by molar-refractivity contribution is 7.88. The van der Waals surface area contributed by atoms with Gasteiger partial charge in [-0.1, -0.05) is 36.8 Å². The molecule has 1 aliphatic heterocycles. The van der Waals surface area contributed by atoms with Crippen LogP contribution in [0.3, 0.4) is 0 Å². The Hall–Kier alpha value is -1.63. The highest BCUT2D eigenvalue weighted by atomic mass is 32.2. The first-order valence-corrected chi connectivity index (χ1v) is 10.1. The maximum absolute atomic E-state index is 12.4. The Morgan fingerprint density at radius 1 is 1.04 bits per heavy atom. The fraction of sp³-hybridized carbons (Fsp3) is 0.444. The molecule has 0 saturated carbocycles. The zero-order chi connectivity index (χ0) is 16.8. The second-order valence-corrected chi connectivity index (χ2v) is 8.03. The summed E-state index contributed by atoms with van der Waals surface area (Å²) in [7, 11) is -3.38. The van der Waals surface area contributed by atoms with Gasteiger partial charge in [0.2, 0.25) is 10.0 Å². The van der Waals surface area contributed by atoms with Crippen molar-refractivity contribution in [2.24, 2.45) is 0 Å². The molecule has 24 heavy (non-hydrogen) atoms. The molecule has 0 spiro atoms. The van der Waals surface area contributed by atoms with Gasteiger partial charge >= 0.3 is 0 Å². The zero-order valence-electron chi connectivity index (χ0n) is 13.7. The Morgan fingerprint density at radius 2 is 1.79 bits per heavy atom. The third-order valence-electron chi connectivity index (χ3n) is 4.40. The number of likely N-dealkylation sites (tertiary alicyclic amines) is 1. The third kappa shape index (κ3) is 4.69. The van der Waals surface area contributed by atoms with E-state index in [4.69, 9.17) is 4.42 Å². The number of nitrogens with one attached hydrogen (secondary N) is 1. The predicted molar refractivity (Wildman–Crippen MR) is 93.9 cm³/mol. The van der Waals surface area contributed by atoms with Crippen molar-refractivity contribution in [1.29, 1.82) is 0 Å². The lowest BCUT2D eigenvalue weighted by molar-refractivity contribution is 0.147. The molecule has 2 heterocycles. The first kappa shape index (κ1) is 17.2. The molecule has 1 fully saturated rings. The molecular formula is C18H24N2O3S. The normalized spacial score (nSPS) is 17.7. The van der Waals surface area contributed by atoms with Crippen molar-refractivity contribution >= 4 is 10.0 Å². The van der Waals surface area contributed by atoms with Crippen molar-refractivity contribution in [2.75, 3.05) is 19.6 Å². The van der Waals surface area contributed by atoms with Crippen molar-refractivity contribution in [1.82, 2.24) is 9.62 Å². The van der Waals surface area contributed by atoms with Crippen LogP contribution in [0, 0.1) is 0 Å². The molecular weight excluding hydrogens is 324 g/mol. The Labute approximate surface area is 143 Å². The van der Waals surface area contributed by atoms with Crippen LogP contribution in [0.1, 0.15) is 36.6 Å². The van der Waals surface area contributed by atoms with Gasteiger partial charge in [0, 0.05) is 6.54 Å². The number of hydrogen-bond acceptors (Lipinski definition) is 4. The Balaban J connectivity index is 1.66. The first-order chi connectivity index (χ1) is 11.6.